The van der Waals surface area contributed by atoms with E-state index < -0.39 is 83.1 Å². The van der Waals surface area contributed by atoms with Gasteiger partial charge in [-0.25, -0.2) is 4.79 Å². The van der Waals surface area contributed by atoms with Crippen LogP contribution in [0.2, 0.25) is 0 Å². The number of aliphatic carboxylic acids is 1. The van der Waals surface area contributed by atoms with E-state index in [2.05, 4.69) is 41.9 Å². The number of nitrogens with two attached hydrogens (primary N) is 4. The number of carbonyl (C=O) groups is 7. The summed E-state index contributed by atoms with van der Waals surface area (Å²) in [7, 11) is 0. The van der Waals surface area contributed by atoms with Gasteiger partial charge < -0.3 is 59.9 Å². The fourth-order valence-electron chi connectivity index (χ4n) is 5.50. The quantitative estimate of drug-likeness (QED) is 0.0290. The number of carboxylic acid groups (broad SMARTS) is 1. The van der Waals surface area contributed by atoms with Crippen LogP contribution in [0.3, 0.4) is 0 Å². The van der Waals surface area contributed by atoms with E-state index in [1.54, 1.807) is 0 Å². The maximum Gasteiger partial charge on any atom is 0.326 e. The van der Waals surface area contributed by atoms with Crippen LogP contribution in [0.5, 0.6) is 0 Å². The third-order valence-electron chi connectivity index (χ3n) is 8.08. The van der Waals surface area contributed by atoms with Crippen molar-refractivity contribution in [1.82, 2.24) is 31.9 Å². The van der Waals surface area contributed by atoms with Crippen LogP contribution < -0.4 is 54.8 Å². The number of guanidine groups is 2. The Labute approximate surface area is 330 Å². The van der Waals surface area contributed by atoms with Gasteiger partial charge in [0.25, 0.3) is 0 Å². The first-order valence-electron chi connectivity index (χ1n) is 18.9. The van der Waals surface area contributed by atoms with E-state index in [0.29, 0.717) is 6.42 Å². The summed E-state index contributed by atoms with van der Waals surface area (Å²) in [5, 5.41) is 25.4. The molecule has 0 aromatic carbocycles. The van der Waals surface area contributed by atoms with Gasteiger partial charge in [0, 0.05) is 20.0 Å². The summed E-state index contributed by atoms with van der Waals surface area (Å²) in [6.45, 7) is 16.0. The largest absolute Gasteiger partial charge is 0.480 e. The second-order valence-electron chi connectivity index (χ2n) is 16.0. The van der Waals surface area contributed by atoms with E-state index in [1.165, 1.54) is 13.8 Å². The van der Waals surface area contributed by atoms with Crippen LogP contribution in [0, 0.1) is 17.3 Å². The Morgan fingerprint density at radius 3 is 1.32 bits per heavy atom. The lowest BCUT2D eigenvalue weighted by Gasteiger charge is -2.30. The minimum absolute atomic E-state index is 0.0315. The molecule has 20 heteroatoms. The van der Waals surface area contributed by atoms with E-state index in [0.717, 1.165) is 0 Å². The van der Waals surface area contributed by atoms with Gasteiger partial charge in [0.15, 0.2) is 11.9 Å². The predicted octanol–water partition coefficient (Wildman–Crippen LogP) is -1.34. The van der Waals surface area contributed by atoms with Gasteiger partial charge in [0.05, 0.1) is 0 Å². The Morgan fingerprint density at radius 1 is 0.554 bits per heavy atom. The number of rotatable bonds is 25. The maximum atomic E-state index is 13.9. The van der Waals surface area contributed by atoms with Gasteiger partial charge in [-0.2, -0.15) is 0 Å². The molecule has 6 atom stereocenters. The van der Waals surface area contributed by atoms with Crippen molar-refractivity contribution in [1.29, 1.82) is 0 Å². The van der Waals surface area contributed by atoms with Crippen LogP contribution >= 0.6 is 0 Å². The molecule has 0 heterocycles. The van der Waals surface area contributed by atoms with Gasteiger partial charge in [-0.1, -0.05) is 48.5 Å². The molecule has 320 valence electrons. The molecule has 0 aliphatic rings. The summed E-state index contributed by atoms with van der Waals surface area (Å²) in [5.41, 5.74) is 20.9. The minimum Gasteiger partial charge on any atom is -0.480 e. The summed E-state index contributed by atoms with van der Waals surface area (Å²) in [5.74, 6) is -5.48. The summed E-state index contributed by atoms with van der Waals surface area (Å²) >= 11 is 0. The normalized spacial score (nSPS) is 14.5. The number of carbonyl (C=O) groups excluding carboxylic acids is 6. The number of hydrogen-bond donors (Lipinski definition) is 11. The molecular formula is C36H68N12O8. The van der Waals surface area contributed by atoms with Crippen molar-refractivity contribution in [2.45, 2.75) is 144 Å². The van der Waals surface area contributed by atoms with Crippen molar-refractivity contribution < 1.29 is 38.7 Å². The van der Waals surface area contributed by atoms with Crippen molar-refractivity contribution in [3.05, 3.63) is 0 Å². The summed E-state index contributed by atoms with van der Waals surface area (Å²) in [6.07, 6.45) is 1.39. The Bertz CT molecular complexity index is 1390. The van der Waals surface area contributed by atoms with E-state index >= 15 is 0 Å². The number of nitrogens with one attached hydrogen (secondary N) is 6. The zero-order valence-electron chi connectivity index (χ0n) is 34.5. The fraction of sp³-hybridized carbons (Fsp3) is 0.750. The first-order valence-corrected chi connectivity index (χ1v) is 18.9. The molecule has 0 rings (SSSR count). The second-order valence-corrected chi connectivity index (χ2v) is 16.0. The molecule has 0 aromatic heterocycles. The number of hydrogen-bond acceptors (Lipinski definition) is 9. The highest BCUT2D eigenvalue weighted by molar-refractivity contribution is 5.96. The molecule has 15 N–H and O–H groups in total. The second kappa shape index (κ2) is 25.1. The first-order chi connectivity index (χ1) is 25.8. The van der Waals surface area contributed by atoms with Crippen LogP contribution in [0.25, 0.3) is 0 Å². The maximum absolute atomic E-state index is 13.9. The van der Waals surface area contributed by atoms with Crippen molar-refractivity contribution in [3.63, 3.8) is 0 Å². The van der Waals surface area contributed by atoms with Crippen molar-refractivity contribution in [2.24, 2.45) is 50.2 Å². The molecule has 0 bridgehead atoms. The SMILES string of the molecule is CC(=O)NC(CCCN=C(N)N)C(=O)NC(CC(C)C)C(=O)NC(CC(C)(C)C)C(=O)NC(CC(C)C)C(=O)NC(C)C(=O)NC(CCCN=C(N)N)C(=O)O. The summed E-state index contributed by atoms with van der Waals surface area (Å²) in [6, 6.07) is -6.77. The smallest absolute Gasteiger partial charge is 0.326 e. The van der Waals surface area contributed by atoms with Crippen LogP contribution in [0.15, 0.2) is 9.98 Å². The average Bonchev–Trinajstić information content (AvgIpc) is 3.04. The highest BCUT2D eigenvalue weighted by Crippen LogP contribution is 2.22. The zero-order valence-corrected chi connectivity index (χ0v) is 34.5. The molecule has 0 saturated heterocycles. The predicted molar refractivity (Wildman–Crippen MR) is 213 cm³/mol. The lowest BCUT2D eigenvalue weighted by atomic mass is 9.87. The average molecular weight is 797 g/mol. The number of amides is 6. The molecule has 0 aromatic rings. The van der Waals surface area contributed by atoms with E-state index in [-0.39, 0.29) is 75.4 Å². The minimum atomic E-state index is -1.28. The molecule has 0 fully saturated rings. The van der Waals surface area contributed by atoms with Gasteiger partial charge >= 0.3 is 5.97 Å². The molecule has 0 radical (unpaired) electrons. The van der Waals surface area contributed by atoms with Crippen LogP contribution in [0.1, 0.15) is 107 Å². The van der Waals surface area contributed by atoms with Gasteiger partial charge in [0.2, 0.25) is 35.4 Å². The number of carboxylic acids is 1. The molecule has 0 aliphatic carbocycles. The van der Waals surface area contributed by atoms with Crippen molar-refractivity contribution >= 4 is 53.3 Å². The van der Waals surface area contributed by atoms with Crippen LogP contribution in [-0.2, 0) is 33.6 Å². The lowest BCUT2D eigenvalue weighted by Crippen LogP contribution is -2.60. The van der Waals surface area contributed by atoms with Gasteiger partial charge in [-0.15, -0.1) is 0 Å². The van der Waals surface area contributed by atoms with Crippen LogP contribution in [0.4, 0.5) is 0 Å². The van der Waals surface area contributed by atoms with Gasteiger partial charge in [-0.05, 0) is 69.1 Å². The lowest BCUT2D eigenvalue weighted by molar-refractivity contribution is -0.142. The molecule has 0 saturated carbocycles. The molecular weight excluding hydrogens is 728 g/mol. The van der Waals surface area contributed by atoms with Gasteiger partial charge in [0.1, 0.15) is 36.3 Å². The van der Waals surface area contributed by atoms with Crippen molar-refractivity contribution in [3.8, 4) is 0 Å². The van der Waals surface area contributed by atoms with E-state index in [9.17, 15) is 38.7 Å². The topological polar surface area (TPSA) is 341 Å². The van der Waals surface area contributed by atoms with E-state index in [1.807, 2.05) is 48.5 Å². The Hall–Kier alpha value is -5.17. The van der Waals surface area contributed by atoms with E-state index in [4.69, 9.17) is 22.9 Å². The third-order valence-corrected chi connectivity index (χ3v) is 8.08. The molecule has 56 heavy (non-hydrogen) atoms. The Morgan fingerprint density at radius 2 is 0.929 bits per heavy atom. The fourth-order valence-corrected chi connectivity index (χ4v) is 5.50. The molecule has 6 unspecified atom stereocenters. The molecule has 20 nitrogen and oxygen atoms in total. The first kappa shape index (κ1) is 50.8. The molecule has 0 spiro atoms. The van der Waals surface area contributed by atoms with Gasteiger partial charge in [-0.3, -0.25) is 38.8 Å². The molecule has 0 aliphatic heterocycles. The summed E-state index contributed by atoms with van der Waals surface area (Å²) < 4.78 is 0. The standard InChI is InChI=1S/C36H68N12O8/c1-19(2)16-25(30(52)43-21(5)28(50)45-24(33(55)56)13-11-15-42-35(39)40)47-32(54)27(18-36(7,8)9)48-31(53)26(17-20(3)4)46-29(51)23(44-22(6)49)12-10-14-41-34(37)38/h19-21,23-27H,10-18H2,1-9H3,(H,43,52)(H,44,49)(H,45,50)(H,46,51)(H,47,54)(H,48,53)(H,55,56)(H4,37,38,41)(H4,39,40,42). The molecule has 6 amide bonds. The van der Waals surface area contributed by atoms with Crippen molar-refractivity contribution in [2.75, 3.05) is 13.1 Å². The Kier molecular flexibility index (Phi) is 22.8. The highest BCUT2D eigenvalue weighted by Gasteiger charge is 2.34. The zero-order chi connectivity index (χ0) is 43.3. The monoisotopic (exact) mass is 797 g/mol. The number of nitrogens with zero attached hydrogens (tertiary/aromatic N) is 2. The highest BCUT2D eigenvalue weighted by atomic mass is 16.4. The number of aliphatic imine (C=N–C) groups is 2. The summed E-state index contributed by atoms with van der Waals surface area (Å²) in [4.78, 5) is 99.0. The van der Waals surface area contributed by atoms with Crippen LogP contribution in [-0.4, -0.2) is 108 Å². The Balaban J connectivity index is 6.10. The third kappa shape index (κ3) is 22.9.